The fourth-order valence-corrected chi connectivity index (χ4v) is 5.41. The van der Waals surface area contributed by atoms with E-state index in [1.54, 1.807) is 36.4 Å². The van der Waals surface area contributed by atoms with Crippen LogP contribution in [0.4, 0.5) is 4.39 Å². The summed E-state index contributed by atoms with van der Waals surface area (Å²) in [5.74, 6) is -2.86. The van der Waals surface area contributed by atoms with E-state index in [-0.39, 0.29) is 35.1 Å². The Hall–Kier alpha value is -3.97. The molecule has 6 nitrogen and oxygen atoms in total. The number of benzene rings is 3. The fourth-order valence-electron chi connectivity index (χ4n) is 5.41. The minimum absolute atomic E-state index is 0.0318. The molecule has 33 heavy (non-hydrogen) atoms. The SMILES string of the molecule is O=C1C2=C(NCCN3C(=O)c4ccccc4[C@@]3(O)[C@@H]2c2cc(F)ccc2O)c2ccccc21. The van der Waals surface area contributed by atoms with E-state index in [1.807, 2.05) is 12.1 Å². The van der Waals surface area contributed by atoms with Crippen molar-refractivity contribution >= 4 is 17.4 Å². The smallest absolute Gasteiger partial charge is 0.256 e. The normalized spacial score (nSPS) is 23.3. The molecule has 1 amide bonds. The second kappa shape index (κ2) is 6.76. The summed E-state index contributed by atoms with van der Waals surface area (Å²) < 4.78 is 14.4. The van der Waals surface area contributed by atoms with E-state index >= 15 is 0 Å². The summed E-state index contributed by atoms with van der Waals surface area (Å²) in [5, 5.41) is 26.4. The minimum Gasteiger partial charge on any atom is -0.508 e. The number of phenolic OH excluding ortho intramolecular Hbond substituents is 1. The van der Waals surface area contributed by atoms with Crippen LogP contribution in [0.3, 0.4) is 0 Å². The molecule has 7 heteroatoms. The number of carbonyl (C=O) groups is 2. The molecule has 1 aliphatic carbocycles. The summed E-state index contributed by atoms with van der Waals surface area (Å²) in [7, 11) is 0. The van der Waals surface area contributed by atoms with Gasteiger partial charge in [-0.15, -0.1) is 0 Å². The van der Waals surface area contributed by atoms with E-state index in [0.29, 0.717) is 34.5 Å². The number of hydrogen-bond acceptors (Lipinski definition) is 5. The first kappa shape index (κ1) is 19.7. The molecule has 164 valence electrons. The first-order chi connectivity index (χ1) is 15.9. The maximum Gasteiger partial charge on any atom is 0.256 e. The van der Waals surface area contributed by atoms with Gasteiger partial charge in [0.1, 0.15) is 11.6 Å². The lowest BCUT2D eigenvalue weighted by molar-refractivity contribution is -0.0972. The zero-order chi connectivity index (χ0) is 22.9. The number of aromatic hydroxyl groups is 1. The number of aliphatic hydroxyl groups is 1. The van der Waals surface area contributed by atoms with Gasteiger partial charge >= 0.3 is 0 Å². The molecular weight excluding hydrogens is 423 g/mol. The lowest BCUT2D eigenvalue weighted by Crippen LogP contribution is -2.52. The number of nitrogens with zero attached hydrogens (tertiary/aromatic N) is 1. The average Bonchev–Trinajstić information content (AvgIpc) is 3.20. The predicted octanol–water partition coefficient (Wildman–Crippen LogP) is 3.13. The molecule has 3 aromatic rings. The summed E-state index contributed by atoms with van der Waals surface area (Å²) in [6, 6.07) is 17.1. The molecule has 3 N–H and O–H groups in total. The molecule has 3 aromatic carbocycles. The number of Topliss-reactive ketones (excluding diaryl/α,β-unsaturated/α-hetero) is 1. The molecule has 0 saturated heterocycles. The highest BCUT2D eigenvalue weighted by Crippen LogP contribution is 2.55. The topological polar surface area (TPSA) is 89.9 Å². The van der Waals surface area contributed by atoms with E-state index in [2.05, 4.69) is 5.32 Å². The van der Waals surface area contributed by atoms with Crippen molar-refractivity contribution in [3.8, 4) is 5.75 Å². The summed E-state index contributed by atoms with van der Waals surface area (Å²) >= 11 is 0. The van der Waals surface area contributed by atoms with Gasteiger partial charge in [0, 0.05) is 46.5 Å². The lowest BCUT2D eigenvalue weighted by atomic mass is 9.76. The number of hydrogen-bond donors (Lipinski definition) is 3. The number of phenols is 1. The van der Waals surface area contributed by atoms with Crippen molar-refractivity contribution < 1.29 is 24.2 Å². The van der Waals surface area contributed by atoms with Crippen LogP contribution < -0.4 is 5.32 Å². The molecule has 3 aliphatic rings. The molecule has 0 fully saturated rings. The standard InChI is InChI=1S/C26H19FN2O4/c27-14-9-10-20(30)18(13-14)22-21-23(15-5-1-2-6-16(15)24(21)31)28-11-12-29-25(32)17-7-3-4-8-19(17)26(22,29)33/h1-10,13,22,28,30,33H,11-12H2/t22-,26-/m1/s1. The number of halogens is 1. The third-order valence-corrected chi connectivity index (χ3v) is 6.79. The van der Waals surface area contributed by atoms with Crippen LogP contribution >= 0.6 is 0 Å². The van der Waals surface area contributed by atoms with Crippen molar-refractivity contribution in [2.75, 3.05) is 13.1 Å². The largest absolute Gasteiger partial charge is 0.508 e. The fraction of sp³-hybridized carbons (Fsp3) is 0.154. The number of nitrogens with one attached hydrogen (secondary N) is 1. The number of fused-ring (bicyclic) bond motifs is 5. The Morgan fingerprint density at radius 3 is 2.45 bits per heavy atom. The first-order valence-electron chi connectivity index (χ1n) is 10.7. The quantitative estimate of drug-likeness (QED) is 0.539. The maximum atomic E-state index is 14.4. The van der Waals surface area contributed by atoms with Gasteiger partial charge in [0.05, 0.1) is 11.6 Å². The minimum atomic E-state index is -2.00. The van der Waals surface area contributed by atoms with Gasteiger partial charge < -0.3 is 20.4 Å². The summed E-state index contributed by atoms with van der Waals surface area (Å²) in [5.41, 5.74) is 0.499. The average molecular weight is 442 g/mol. The van der Waals surface area contributed by atoms with E-state index in [4.69, 9.17) is 0 Å². The Morgan fingerprint density at radius 1 is 0.970 bits per heavy atom. The second-order valence-corrected chi connectivity index (χ2v) is 8.45. The van der Waals surface area contributed by atoms with Crippen LogP contribution in [-0.4, -0.2) is 39.9 Å². The highest BCUT2D eigenvalue weighted by molar-refractivity contribution is 6.21. The van der Waals surface area contributed by atoms with Gasteiger partial charge in [0.15, 0.2) is 11.5 Å². The van der Waals surface area contributed by atoms with Crippen molar-refractivity contribution in [1.82, 2.24) is 10.2 Å². The maximum absolute atomic E-state index is 14.4. The Bertz CT molecular complexity index is 1400. The van der Waals surface area contributed by atoms with E-state index in [0.717, 1.165) is 12.1 Å². The summed E-state index contributed by atoms with van der Waals surface area (Å²) in [4.78, 5) is 28.3. The number of rotatable bonds is 1. The summed E-state index contributed by atoms with van der Waals surface area (Å²) in [6.07, 6.45) is 0. The van der Waals surface area contributed by atoms with E-state index < -0.39 is 17.5 Å². The van der Waals surface area contributed by atoms with Gasteiger partial charge in [0.25, 0.3) is 5.91 Å². The Kier molecular flexibility index (Phi) is 4.04. The molecule has 0 unspecified atom stereocenters. The van der Waals surface area contributed by atoms with Crippen LogP contribution in [-0.2, 0) is 5.72 Å². The van der Waals surface area contributed by atoms with Crippen LogP contribution in [0.5, 0.6) is 5.75 Å². The van der Waals surface area contributed by atoms with Crippen molar-refractivity contribution in [2.45, 2.75) is 11.6 Å². The Labute approximate surface area is 188 Å². The predicted molar refractivity (Wildman–Crippen MR) is 118 cm³/mol. The third-order valence-electron chi connectivity index (χ3n) is 6.79. The molecule has 2 atom stereocenters. The van der Waals surface area contributed by atoms with Crippen LogP contribution in [0.1, 0.15) is 43.3 Å². The third kappa shape index (κ3) is 2.51. The van der Waals surface area contributed by atoms with Crippen LogP contribution in [0.2, 0.25) is 0 Å². The van der Waals surface area contributed by atoms with Crippen molar-refractivity contribution in [3.63, 3.8) is 0 Å². The monoisotopic (exact) mass is 442 g/mol. The van der Waals surface area contributed by atoms with E-state index in [1.165, 1.54) is 11.0 Å². The van der Waals surface area contributed by atoms with Crippen molar-refractivity contribution in [1.29, 1.82) is 0 Å². The number of amides is 1. The van der Waals surface area contributed by atoms with Crippen LogP contribution in [0.25, 0.3) is 5.70 Å². The zero-order valence-electron chi connectivity index (χ0n) is 17.4. The molecule has 2 aliphatic heterocycles. The number of ketones is 1. The molecule has 0 bridgehead atoms. The van der Waals surface area contributed by atoms with Gasteiger partial charge in [-0.1, -0.05) is 42.5 Å². The lowest BCUT2D eigenvalue weighted by Gasteiger charge is -2.43. The van der Waals surface area contributed by atoms with Gasteiger partial charge in [-0.2, -0.15) is 0 Å². The highest BCUT2D eigenvalue weighted by Gasteiger charge is 2.58. The van der Waals surface area contributed by atoms with Crippen LogP contribution in [0, 0.1) is 5.82 Å². The molecule has 0 radical (unpaired) electrons. The van der Waals surface area contributed by atoms with Crippen molar-refractivity contribution in [3.05, 3.63) is 106 Å². The summed E-state index contributed by atoms with van der Waals surface area (Å²) in [6.45, 7) is 0.439. The zero-order valence-corrected chi connectivity index (χ0v) is 17.4. The van der Waals surface area contributed by atoms with Gasteiger partial charge in [0.2, 0.25) is 0 Å². The molecule has 0 aromatic heterocycles. The molecule has 6 rings (SSSR count). The van der Waals surface area contributed by atoms with Gasteiger partial charge in [-0.3, -0.25) is 9.59 Å². The Morgan fingerprint density at radius 2 is 1.67 bits per heavy atom. The molecule has 2 heterocycles. The van der Waals surface area contributed by atoms with E-state index in [9.17, 15) is 24.2 Å². The Balaban J connectivity index is 1.71. The van der Waals surface area contributed by atoms with Gasteiger partial charge in [-0.05, 0) is 24.3 Å². The number of carbonyl (C=O) groups excluding carboxylic acids is 2. The van der Waals surface area contributed by atoms with Crippen LogP contribution in [0.15, 0.2) is 72.3 Å². The van der Waals surface area contributed by atoms with Gasteiger partial charge in [-0.25, -0.2) is 4.39 Å². The molecule has 0 saturated carbocycles. The molecular formula is C26H19FN2O4. The van der Waals surface area contributed by atoms with Crippen molar-refractivity contribution in [2.24, 2.45) is 0 Å². The second-order valence-electron chi connectivity index (χ2n) is 8.45. The molecule has 0 spiro atoms. The highest BCUT2D eigenvalue weighted by atomic mass is 19.1. The first-order valence-corrected chi connectivity index (χ1v) is 10.7.